The Hall–Kier alpha value is -0.780. The monoisotopic (exact) mass is 308 g/mol. The highest BCUT2D eigenvalue weighted by molar-refractivity contribution is 5.14. The summed E-state index contributed by atoms with van der Waals surface area (Å²) in [6.45, 7) is 7.51. The third kappa shape index (κ3) is 11.8. The predicted molar refractivity (Wildman–Crippen MR) is 95.7 cm³/mol. The second-order valence-corrected chi connectivity index (χ2v) is 6.41. The topological polar surface area (TPSA) is 40.5 Å². The van der Waals surface area contributed by atoms with E-state index in [1.54, 1.807) is 6.92 Å². The minimum atomic E-state index is -1.27. The molecule has 0 saturated heterocycles. The maximum Gasteiger partial charge on any atom is 0.148 e. The Kier molecular flexibility index (Phi) is 13.4. The zero-order chi connectivity index (χ0) is 16.7. The molecule has 0 rings (SSSR count). The minimum Gasteiger partial charge on any atom is -0.389 e. The molecule has 0 aromatic heterocycles. The normalized spacial score (nSPS) is 14.7. The zero-order valence-corrected chi connectivity index (χ0v) is 14.7. The third-order valence-electron chi connectivity index (χ3n) is 4.03. The lowest BCUT2D eigenvalue weighted by Gasteiger charge is -2.23. The molecule has 0 bridgehead atoms. The summed E-state index contributed by atoms with van der Waals surface area (Å²) in [7, 11) is 0. The fraction of sp³-hybridized carbons (Fsp3) is 0.800. The van der Waals surface area contributed by atoms with Gasteiger partial charge in [0.15, 0.2) is 0 Å². The number of aliphatic hydroxyl groups excluding tert-OH is 1. The van der Waals surface area contributed by atoms with Crippen LogP contribution in [-0.4, -0.2) is 21.9 Å². The Balaban J connectivity index is 3.74. The molecule has 22 heavy (non-hydrogen) atoms. The Morgan fingerprint density at radius 1 is 1.05 bits per heavy atom. The van der Waals surface area contributed by atoms with Gasteiger partial charge in [-0.15, -0.1) is 12.5 Å². The van der Waals surface area contributed by atoms with Crippen molar-refractivity contribution in [1.82, 2.24) is 0 Å². The van der Waals surface area contributed by atoms with Crippen LogP contribution in [0.2, 0.25) is 0 Å². The molecular weight excluding hydrogens is 272 g/mol. The smallest absolute Gasteiger partial charge is 0.148 e. The van der Waals surface area contributed by atoms with Gasteiger partial charge in [-0.2, -0.15) is 0 Å². The number of rotatable bonds is 13. The van der Waals surface area contributed by atoms with E-state index in [2.05, 4.69) is 25.3 Å². The van der Waals surface area contributed by atoms with E-state index in [4.69, 9.17) is 0 Å². The highest BCUT2D eigenvalue weighted by atomic mass is 16.3. The molecule has 2 heteroatoms. The molecule has 0 aliphatic heterocycles. The van der Waals surface area contributed by atoms with Gasteiger partial charge in [-0.25, -0.2) is 0 Å². The van der Waals surface area contributed by atoms with Crippen LogP contribution in [0, 0.1) is 11.8 Å². The van der Waals surface area contributed by atoms with Gasteiger partial charge < -0.3 is 10.2 Å². The Bertz CT molecular complexity index is 322. The van der Waals surface area contributed by atoms with E-state index < -0.39 is 11.7 Å². The average molecular weight is 309 g/mol. The third-order valence-corrected chi connectivity index (χ3v) is 4.03. The summed E-state index contributed by atoms with van der Waals surface area (Å²) in [4.78, 5) is 0. The summed E-state index contributed by atoms with van der Waals surface area (Å²) in [5.41, 5.74) is -1.27. The second-order valence-electron chi connectivity index (χ2n) is 6.41. The van der Waals surface area contributed by atoms with Crippen LogP contribution in [0.4, 0.5) is 0 Å². The van der Waals surface area contributed by atoms with Crippen molar-refractivity contribution in [2.24, 2.45) is 0 Å². The molecule has 0 amide bonds. The molecule has 0 aliphatic carbocycles. The van der Waals surface area contributed by atoms with Gasteiger partial charge in [0.2, 0.25) is 0 Å². The van der Waals surface area contributed by atoms with Crippen LogP contribution in [-0.2, 0) is 0 Å². The Labute approximate surface area is 138 Å². The summed E-state index contributed by atoms with van der Waals surface area (Å²) in [6, 6.07) is 0. The van der Waals surface area contributed by atoms with Gasteiger partial charge >= 0.3 is 0 Å². The number of unbranched alkanes of at least 4 members (excludes halogenated alkanes) is 9. The van der Waals surface area contributed by atoms with Crippen molar-refractivity contribution in [3.05, 3.63) is 12.7 Å². The first kappa shape index (κ1) is 21.2. The molecule has 0 spiro atoms. The molecule has 2 N–H and O–H groups in total. The van der Waals surface area contributed by atoms with Gasteiger partial charge in [0.1, 0.15) is 5.60 Å². The molecule has 0 saturated carbocycles. The van der Waals surface area contributed by atoms with E-state index in [9.17, 15) is 10.2 Å². The Morgan fingerprint density at radius 3 is 2.32 bits per heavy atom. The van der Waals surface area contributed by atoms with Crippen molar-refractivity contribution < 1.29 is 10.2 Å². The number of allylic oxidation sites excluding steroid dienone is 1. The van der Waals surface area contributed by atoms with Crippen LogP contribution in [0.5, 0.6) is 0 Å². The molecule has 0 radical (unpaired) electrons. The van der Waals surface area contributed by atoms with Crippen molar-refractivity contribution in [2.45, 2.75) is 103 Å². The number of hydrogen-bond donors (Lipinski definition) is 2. The molecular formula is C20H36O2. The summed E-state index contributed by atoms with van der Waals surface area (Å²) >= 11 is 0. The van der Waals surface area contributed by atoms with E-state index in [-0.39, 0.29) is 0 Å². The van der Waals surface area contributed by atoms with Gasteiger partial charge in [-0.05, 0) is 32.6 Å². The molecule has 0 heterocycles. The van der Waals surface area contributed by atoms with Crippen molar-refractivity contribution in [1.29, 1.82) is 0 Å². The van der Waals surface area contributed by atoms with Crippen LogP contribution in [0.1, 0.15) is 90.9 Å². The average Bonchev–Trinajstić information content (AvgIpc) is 2.49. The van der Waals surface area contributed by atoms with Crippen LogP contribution in [0.3, 0.4) is 0 Å². The quantitative estimate of drug-likeness (QED) is 0.286. The summed E-state index contributed by atoms with van der Waals surface area (Å²) in [5, 5.41) is 20.3. The van der Waals surface area contributed by atoms with Crippen molar-refractivity contribution in [2.75, 3.05) is 0 Å². The molecule has 2 atom stereocenters. The van der Waals surface area contributed by atoms with Crippen molar-refractivity contribution in [3.8, 4) is 11.8 Å². The van der Waals surface area contributed by atoms with Crippen LogP contribution in [0.25, 0.3) is 0 Å². The summed E-state index contributed by atoms with van der Waals surface area (Å²) in [5.74, 6) is 5.84. The number of aliphatic hydroxyl groups is 2. The lowest BCUT2D eigenvalue weighted by Crippen LogP contribution is -2.37. The van der Waals surface area contributed by atoms with E-state index in [1.807, 2.05) is 6.08 Å². The molecule has 0 aromatic rings. The maximum atomic E-state index is 10.2. The largest absolute Gasteiger partial charge is 0.389 e. The zero-order valence-electron chi connectivity index (χ0n) is 14.7. The summed E-state index contributed by atoms with van der Waals surface area (Å²) < 4.78 is 0. The van der Waals surface area contributed by atoms with Gasteiger partial charge in [-0.3, -0.25) is 0 Å². The van der Waals surface area contributed by atoms with Crippen molar-refractivity contribution >= 4 is 0 Å². The fourth-order valence-electron chi connectivity index (χ4n) is 2.40. The van der Waals surface area contributed by atoms with Crippen LogP contribution in [0.15, 0.2) is 12.7 Å². The van der Waals surface area contributed by atoms with Gasteiger partial charge in [0.25, 0.3) is 0 Å². The van der Waals surface area contributed by atoms with E-state index >= 15 is 0 Å². The summed E-state index contributed by atoms with van der Waals surface area (Å²) in [6.07, 6.45) is 14.2. The SMILES string of the molecule is C=CCCCCCCCCC(O)C(C)(O)C#CCCCCC. The molecule has 128 valence electrons. The molecule has 2 nitrogen and oxygen atoms in total. The first-order valence-electron chi connectivity index (χ1n) is 9.06. The van der Waals surface area contributed by atoms with E-state index in [1.165, 1.54) is 38.5 Å². The number of hydrogen-bond acceptors (Lipinski definition) is 2. The first-order chi connectivity index (χ1) is 10.5. The maximum absolute atomic E-state index is 10.2. The standard InChI is InChI=1S/C20H36O2/c1-4-6-8-10-11-12-13-15-17-19(21)20(3,22)18-16-14-9-7-5-2/h4,19,21-22H,1,5-15,17H2,2-3H3. The van der Waals surface area contributed by atoms with Crippen LogP contribution < -0.4 is 0 Å². The minimum absolute atomic E-state index is 0.628. The van der Waals surface area contributed by atoms with Gasteiger partial charge in [0, 0.05) is 6.42 Å². The highest BCUT2D eigenvalue weighted by Crippen LogP contribution is 2.17. The van der Waals surface area contributed by atoms with Gasteiger partial charge in [-0.1, -0.05) is 63.9 Å². The highest BCUT2D eigenvalue weighted by Gasteiger charge is 2.27. The lowest BCUT2D eigenvalue weighted by molar-refractivity contribution is -0.0242. The molecule has 0 fully saturated rings. The van der Waals surface area contributed by atoms with E-state index in [0.29, 0.717) is 6.42 Å². The molecule has 0 aromatic carbocycles. The van der Waals surface area contributed by atoms with Crippen LogP contribution >= 0.6 is 0 Å². The molecule has 2 unspecified atom stereocenters. The first-order valence-corrected chi connectivity index (χ1v) is 9.06. The Morgan fingerprint density at radius 2 is 1.68 bits per heavy atom. The van der Waals surface area contributed by atoms with Gasteiger partial charge in [0.05, 0.1) is 6.10 Å². The lowest BCUT2D eigenvalue weighted by atomic mass is 9.94. The fourth-order valence-corrected chi connectivity index (χ4v) is 2.40. The second kappa shape index (κ2) is 13.9. The van der Waals surface area contributed by atoms with E-state index in [0.717, 1.165) is 32.1 Å². The molecule has 0 aliphatic rings. The predicted octanol–water partition coefficient (Wildman–Crippen LogP) is 4.99. The van der Waals surface area contributed by atoms with Crippen molar-refractivity contribution in [3.63, 3.8) is 0 Å².